The molecule has 0 unspecified atom stereocenters. The average Bonchev–Trinajstić information content (AvgIpc) is 3.43. The van der Waals surface area contributed by atoms with Gasteiger partial charge in [-0.3, -0.25) is 4.79 Å². The summed E-state index contributed by atoms with van der Waals surface area (Å²) in [7, 11) is 0. The fraction of sp³-hybridized carbons (Fsp3) is 0.286. The zero-order chi connectivity index (χ0) is 19.6. The Labute approximate surface area is 156 Å². The van der Waals surface area contributed by atoms with Crippen LogP contribution in [0.25, 0.3) is 6.08 Å². The van der Waals surface area contributed by atoms with Crippen LogP contribution in [0.2, 0.25) is 0 Å². The number of ether oxygens (including phenoxy) is 1. The molecule has 0 saturated heterocycles. The summed E-state index contributed by atoms with van der Waals surface area (Å²) < 4.78 is 20.3. The number of nitrogens with zero attached hydrogens (tertiary/aromatic N) is 2. The molecule has 1 heterocycles. The highest BCUT2D eigenvalue weighted by molar-refractivity contribution is 6.02. The summed E-state index contributed by atoms with van der Waals surface area (Å²) in [5.74, 6) is -1.96. The number of benzene rings is 1. The first-order valence-electron chi connectivity index (χ1n) is 8.67. The Bertz CT molecular complexity index is 978. The van der Waals surface area contributed by atoms with E-state index < -0.39 is 24.2 Å². The molecular formula is C21H19FN2O3. The maximum atomic E-state index is 13.2. The third kappa shape index (κ3) is 4.14. The van der Waals surface area contributed by atoms with Crippen LogP contribution in [-0.4, -0.2) is 22.9 Å². The van der Waals surface area contributed by atoms with Gasteiger partial charge in [-0.25, -0.2) is 9.18 Å². The summed E-state index contributed by atoms with van der Waals surface area (Å²) >= 11 is 0. The van der Waals surface area contributed by atoms with E-state index in [0.717, 1.165) is 35.9 Å². The van der Waals surface area contributed by atoms with E-state index in [1.54, 1.807) is 0 Å². The monoisotopic (exact) mass is 366 g/mol. The maximum absolute atomic E-state index is 13.2. The molecule has 0 amide bonds. The molecule has 0 N–H and O–H groups in total. The van der Waals surface area contributed by atoms with Crippen LogP contribution in [0.5, 0.6) is 0 Å². The molecule has 5 nitrogen and oxygen atoms in total. The van der Waals surface area contributed by atoms with E-state index in [9.17, 15) is 19.2 Å². The van der Waals surface area contributed by atoms with E-state index in [4.69, 9.17) is 4.74 Å². The molecule has 0 aliphatic heterocycles. The summed E-state index contributed by atoms with van der Waals surface area (Å²) in [4.78, 5) is 24.2. The predicted molar refractivity (Wildman–Crippen MR) is 97.5 cm³/mol. The number of aryl methyl sites for hydroxylation is 1. The van der Waals surface area contributed by atoms with Crippen molar-refractivity contribution in [3.8, 4) is 6.07 Å². The zero-order valence-electron chi connectivity index (χ0n) is 15.2. The summed E-state index contributed by atoms with van der Waals surface area (Å²) in [5, 5.41) is 9.30. The van der Waals surface area contributed by atoms with Crippen LogP contribution >= 0.6 is 0 Å². The molecule has 1 aromatic carbocycles. The minimum absolute atomic E-state index is 0.110. The highest BCUT2D eigenvalue weighted by Gasteiger charge is 2.27. The summed E-state index contributed by atoms with van der Waals surface area (Å²) in [6.45, 7) is 3.39. The van der Waals surface area contributed by atoms with Crippen LogP contribution in [0.3, 0.4) is 0 Å². The lowest BCUT2D eigenvalue weighted by atomic mass is 10.1. The predicted octanol–water partition coefficient (Wildman–Crippen LogP) is 3.91. The van der Waals surface area contributed by atoms with Gasteiger partial charge in [0.15, 0.2) is 12.4 Å². The zero-order valence-corrected chi connectivity index (χ0v) is 15.2. The van der Waals surface area contributed by atoms with Crippen LogP contribution in [0.15, 0.2) is 35.9 Å². The van der Waals surface area contributed by atoms with E-state index in [-0.39, 0.29) is 11.1 Å². The van der Waals surface area contributed by atoms with Crippen molar-refractivity contribution >= 4 is 17.8 Å². The molecule has 1 aromatic heterocycles. The second kappa shape index (κ2) is 7.58. The van der Waals surface area contributed by atoms with Crippen molar-refractivity contribution in [1.82, 2.24) is 4.57 Å². The standard InChI is InChI=1S/C21H19FN2O3/c1-13-8-16(14(2)24(13)19-6-7-19)9-17(11-23)21(26)27-12-20(25)15-4-3-5-18(22)10-15/h3-5,8-10,19H,6-7,12H2,1-2H3/b17-9+. The van der Waals surface area contributed by atoms with Gasteiger partial charge in [0.2, 0.25) is 0 Å². The number of halogens is 1. The SMILES string of the molecule is Cc1cc(/C=C(\C#N)C(=O)OCC(=O)c2cccc(F)c2)c(C)n1C1CC1. The summed E-state index contributed by atoms with van der Waals surface area (Å²) in [6, 6.07) is 9.38. The molecule has 1 fully saturated rings. The number of nitriles is 1. The normalized spacial score (nSPS) is 13.9. The van der Waals surface area contributed by atoms with Crippen LogP contribution < -0.4 is 0 Å². The highest BCUT2D eigenvalue weighted by atomic mass is 19.1. The Hall–Kier alpha value is -3.20. The fourth-order valence-corrected chi connectivity index (χ4v) is 3.09. The van der Waals surface area contributed by atoms with Gasteiger partial charge in [0.1, 0.15) is 17.5 Å². The molecule has 6 heteroatoms. The molecule has 2 aromatic rings. The van der Waals surface area contributed by atoms with Crippen molar-refractivity contribution in [2.24, 2.45) is 0 Å². The Kier molecular flexibility index (Phi) is 5.22. The van der Waals surface area contributed by atoms with Crippen molar-refractivity contribution in [3.63, 3.8) is 0 Å². The molecule has 0 spiro atoms. The first-order valence-corrected chi connectivity index (χ1v) is 8.67. The quantitative estimate of drug-likeness (QED) is 0.336. The van der Waals surface area contributed by atoms with Crippen LogP contribution in [0, 0.1) is 31.0 Å². The number of hydrogen-bond donors (Lipinski definition) is 0. The van der Waals surface area contributed by atoms with Gasteiger partial charge < -0.3 is 9.30 Å². The molecule has 0 radical (unpaired) electrons. The number of ketones is 1. The molecule has 3 rings (SSSR count). The van der Waals surface area contributed by atoms with Gasteiger partial charge in [0.05, 0.1) is 0 Å². The Morgan fingerprint density at radius 2 is 2.07 bits per heavy atom. The second-order valence-corrected chi connectivity index (χ2v) is 6.61. The van der Waals surface area contributed by atoms with Crippen molar-refractivity contribution in [1.29, 1.82) is 5.26 Å². The number of carbonyl (C=O) groups excluding carboxylic acids is 2. The van der Waals surface area contributed by atoms with E-state index in [1.165, 1.54) is 24.3 Å². The molecular weight excluding hydrogens is 347 g/mol. The molecule has 1 aliphatic rings. The fourth-order valence-electron chi connectivity index (χ4n) is 3.09. The number of esters is 1. The number of hydrogen-bond acceptors (Lipinski definition) is 4. The van der Waals surface area contributed by atoms with Gasteiger partial charge in [-0.2, -0.15) is 5.26 Å². The number of Topliss-reactive ketones (excluding diaryl/α,β-unsaturated/α-hetero) is 1. The number of aromatic nitrogens is 1. The number of carbonyl (C=O) groups is 2. The lowest BCUT2D eigenvalue weighted by molar-refractivity contribution is -0.137. The van der Waals surface area contributed by atoms with Crippen molar-refractivity contribution in [2.75, 3.05) is 6.61 Å². The average molecular weight is 366 g/mol. The topological polar surface area (TPSA) is 72.1 Å². The van der Waals surface area contributed by atoms with E-state index in [0.29, 0.717) is 6.04 Å². The van der Waals surface area contributed by atoms with E-state index in [1.807, 2.05) is 26.0 Å². The van der Waals surface area contributed by atoms with Gasteiger partial charge in [0, 0.05) is 23.0 Å². The Morgan fingerprint density at radius 1 is 1.33 bits per heavy atom. The van der Waals surface area contributed by atoms with Gasteiger partial charge >= 0.3 is 5.97 Å². The van der Waals surface area contributed by atoms with E-state index >= 15 is 0 Å². The first-order chi connectivity index (χ1) is 12.9. The molecule has 138 valence electrons. The van der Waals surface area contributed by atoms with Crippen molar-refractivity contribution in [3.05, 3.63) is 64.2 Å². The molecule has 0 bridgehead atoms. The third-order valence-electron chi connectivity index (χ3n) is 4.56. The van der Waals surface area contributed by atoms with Gasteiger partial charge in [-0.1, -0.05) is 12.1 Å². The van der Waals surface area contributed by atoms with Crippen LogP contribution in [0.1, 0.15) is 46.2 Å². The van der Waals surface area contributed by atoms with Gasteiger partial charge in [-0.05, 0) is 56.5 Å². The second-order valence-electron chi connectivity index (χ2n) is 6.61. The Balaban J connectivity index is 1.71. The first kappa shape index (κ1) is 18.6. The molecule has 1 saturated carbocycles. The minimum atomic E-state index is -0.876. The number of rotatable bonds is 6. The molecule has 27 heavy (non-hydrogen) atoms. The van der Waals surface area contributed by atoms with Crippen LogP contribution in [-0.2, 0) is 9.53 Å². The van der Waals surface area contributed by atoms with Crippen molar-refractivity contribution in [2.45, 2.75) is 32.7 Å². The smallest absolute Gasteiger partial charge is 0.349 e. The highest BCUT2D eigenvalue weighted by Crippen LogP contribution is 2.38. The van der Waals surface area contributed by atoms with E-state index in [2.05, 4.69) is 4.57 Å². The molecule has 1 aliphatic carbocycles. The van der Waals surface area contributed by atoms with Crippen LogP contribution in [0.4, 0.5) is 4.39 Å². The van der Waals surface area contributed by atoms with Crippen molar-refractivity contribution < 1.29 is 18.7 Å². The summed E-state index contributed by atoms with van der Waals surface area (Å²) in [6.07, 6.45) is 3.75. The van der Waals surface area contributed by atoms with Gasteiger partial charge in [0.25, 0.3) is 0 Å². The van der Waals surface area contributed by atoms with Gasteiger partial charge in [-0.15, -0.1) is 0 Å². The summed E-state index contributed by atoms with van der Waals surface area (Å²) in [5.41, 5.74) is 2.78. The maximum Gasteiger partial charge on any atom is 0.349 e. The lowest BCUT2D eigenvalue weighted by Crippen LogP contribution is -2.15. The molecule has 0 atom stereocenters. The third-order valence-corrected chi connectivity index (χ3v) is 4.56. The minimum Gasteiger partial charge on any atom is -0.453 e. The lowest BCUT2D eigenvalue weighted by Gasteiger charge is -2.07. The Morgan fingerprint density at radius 3 is 2.70 bits per heavy atom. The largest absolute Gasteiger partial charge is 0.453 e.